The Bertz CT molecular complexity index is 263. The normalized spacial score (nSPS) is 30.7. The van der Waals surface area contributed by atoms with E-state index < -0.39 is 23.6 Å². The van der Waals surface area contributed by atoms with Gasteiger partial charge in [-0.25, -0.2) is 14.7 Å². The monoisotopic (exact) mass is 217 g/mol. The van der Waals surface area contributed by atoms with E-state index in [0.29, 0.717) is 0 Å². The van der Waals surface area contributed by atoms with Crippen LogP contribution in [0, 0.1) is 0 Å². The van der Waals surface area contributed by atoms with Gasteiger partial charge >= 0.3 is 11.9 Å². The third kappa shape index (κ3) is 2.45. The van der Waals surface area contributed by atoms with Crippen molar-refractivity contribution in [3.05, 3.63) is 0 Å². The van der Waals surface area contributed by atoms with Gasteiger partial charge in [0.15, 0.2) is 6.10 Å². The maximum atomic E-state index is 11.9. The molecule has 0 aromatic carbocycles. The molecule has 85 valence electrons. The summed E-state index contributed by atoms with van der Waals surface area (Å²) >= 11 is 0. The number of hydrogen-bond donors (Lipinski definition) is 0. The standard InChI is InChI=1S/C9H13O6/c1-13-7(10)6-5-9(12,3-4-15-6)8(11)14-2/h6H,3-5H2,1-2H3. The molecule has 1 aliphatic heterocycles. The van der Waals surface area contributed by atoms with Crippen molar-refractivity contribution in [3.8, 4) is 0 Å². The Morgan fingerprint density at radius 2 is 2.00 bits per heavy atom. The molecule has 1 aliphatic rings. The minimum atomic E-state index is -1.90. The molecular weight excluding hydrogens is 204 g/mol. The molecule has 1 fully saturated rings. The van der Waals surface area contributed by atoms with Crippen LogP contribution in [-0.2, 0) is 28.9 Å². The number of ether oxygens (including phenoxy) is 3. The average molecular weight is 217 g/mol. The van der Waals surface area contributed by atoms with E-state index in [1.54, 1.807) is 0 Å². The zero-order chi connectivity index (χ0) is 11.5. The van der Waals surface area contributed by atoms with Crippen molar-refractivity contribution in [2.24, 2.45) is 0 Å². The van der Waals surface area contributed by atoms with Gasteiger partial charge in [0.2, 0.25) is 5.60 Å². The lowest BCUT2D eigenvalue weighted by Crippen LogP contribution is -2.49. The lowest BCUT2D eigenvalue weighted by atomic mass is 9.90. The molecule has 0 aromatic heterocycles. The summed E-state index contributed by atoms with van der Waals surface area (Å²) in [6, 6.07) is 0. The fraction of sp³-hybridized carbons (Fsp3) is 0.778. The second kappa shape index (κ2) is 4.59. The van der Waals surface area contributed by atoms with Gasteiger partial charge in [0.25, 0.3) is 0 Å². The molecule has 6 heteroatoms. The van der Waals surface area contributed by atoms with Crippen LogP contribution >= 0.6 is 0 Å². The Kier molecular flexibility index (Phi) is 3.65. The van der Waals surface area contributed by atoms with Crippen LogP contribution in [-0.4, -0.2) is 44.5 Å². The lowest BCUT2D eigenvalue weighted by molar-refractivity contribution is -0.196. The molecule has 0 N–H and O–H groups in total. The van der Waals surface area contributed by atoms with E-state index in [1.165, 1.54) is 7.11 Å². The summed E-state index contributed by atoms with van der Waals surface area (Å²) in [5.74, 6) is -1.50. The maximum Gasteiger partial charge on any atom is 0.341 e. The summed E-state index contributed by atoms with van der Waals surface area (Å²) in [7, 11) is 2.34. The summed E-state index contributed by atoms with van der Waals surface area (Å²) in [6.45, 7) is 0.0539. The second-order valence-electron chi connectivity index (χ2n) is 3.32. The molecule has 0 aliphatic carbocycles. The topological polar surface area (TPSA) is 81.7 Å². The SMILES string of the molecule is COC(=O)C1CC([O])(C(=O)OC)CCO1. The van der Waals surface area contributed by atoms with Crippen molar-refractivity contribution in [3.63, 3.8) is 0 Å². The van der Waals surface area contributed by atoms with Crippen molar-refractivity contribution in [1.82, 2.24) is 0 Å². The molecule has 0 spiro atoms. The highest BCUT2D eigenvalue weighted by atomic mass is 16.6. The van der Waals surface area contributed by atoms with Gasteiger partial charge in [-0.15, -0.1) is 0 Å². The number of methoxy groups -OCH3 is 2. The van der Waals surface area contributed by atoms with Gasteiger partial charge in [-0.3, -0.25) is 0 Å². The number of esters is 2. The first-order valence-electron chi connectivity index (χ1n) is 4.52. The fourth-order valence-corrected chi connectivity index (χ4v) is 1.48. The predicted octanol–water partition coefficient (Wildman–Crippen LogP) is -0.319. The van der Waals surface area contributed by atoms with Crippen LogP contribution in [0.15, 0.2) is 0 Å². The van der Waals surface area contributed by atoms with Gasteiger partial charge < -0.3 is 14.2 Å². The van der Waals surface area contributed by atoms with Gasteiger partial charge in [0.1, 0.15) is 0 Å². The summed E-state index contributed by atoms with van der Waals surface area (Å²) in [6.07, 6.45) is -1.21. The van der Waals surface area contributed by atoms with Crippen LogP contribution in [0.4, 0.5) is 0 Å². The zero-order valence-electron chi connectivity index (χ0n) is 8.65. The number of carbonyl (C=O) groups excluding carboxylic acids is 2. The molecule has 15 heavy (non-hydrogen) atoms. The lowest BCUT2D eigenvalue weighted by Gasteiger charge is -2.31. The largest absolute Gasteiger partial charge is 0.467 e. The molecular formula is C9H13O6. The summed E-state index contributed by atoms with van der Waals surface area (Å²) < 4.78 is 13.9. The predicted molar refractivity (Wildman–Crippen MR) is 46.4 cm³/mol. The Labute approximate surface area is 87.1 Å². The first kappa shape index (κ1) is 11.9. The summed E-state index contributed by atoms with van der Waals surface area (Å²) in [4.78, 5) is 22.3. The smallest absolute Gasteiger partial charge is 0.341 e. The van der Waals surface area contributed by atoms with Gasteiger partial charge in [-0.05, 0) is 0 Å². The van der Waals surface area contributed by atoms with E-state index in [0.717, 1.165) is 7.11 Å². The summed E-state index contributed by atoms with van der Waals surface area (Å²) in [5, 5.41) is 11.9. The highest BCUT2D eigenvalue weighted by molar-refractivity contribution is 5.82. The van der Waals surface area contributed by atoms with Crippen molar-refractivity contribution >= 4 is 11.9 Å². The number of rotatable bonds is 2. The molecule has 2 unspecified atom stereocenters. The van der Waals surface area contributed by atoms with Gasteiger partial charge in [0, 0.05) is 12.8 Å². The minimum Gasteiger partial charge on any atom is -0.467 e. The van der Waals surface area contributed by atoms with Crippen molar-refractivity contribution < 1.29 is 28.9 Å². The quantitative estimate of drug-likeness (QED) is 0.592. The summed E-state index contributed by atoms with van der Waals surface area (Å²) in [5.41, 5.74) is -1.90. The second-order valence-corrected chi connectivity index (χ2v) is 3.32. The van der Waals surface area contributed by atoms with Gasteiger partial charge in [-0.1, -0.05) is 0 Å². The highest BCUT2D eigenvalue weighted by Gasteiger charge is 2.47. The Morgan fingerprint density at radius 1 is 1.33 bits per heavy atom. The van der Waals surface area contributed by atoms with Crippen LogP contribution in [0.5, 0.6) is 0 Å². The third-order valence-electron chi connectivity index (χ3n) is 2.36. The molecule has 0 amide bonds. The van der Waals surface area contributed by atoms with Crippen LogP contribution < -0.4 is 0 Å². The van der Waals surface area contributed by atoms with Gasteiger partial charge in [-0.2, -0.15) is 0 Å². The zero-order valence-corrected chi connectivity index (χ0v) is 8.65. The molecule has 0 saturated carbocycles. The van der Waals surface area contributed by atoms with E-state index in [1.807, 2.05) is 0 Å². The fourth-order valence-electron chi connectivity index (χ4n) is 1.48. The molecule has 1 saturated heterocycles. The first-order chi connectivity index (χ1) is 7.03. The van der Waals surface area contributed by atoms with Crippen LogP contribution in [0.1, 0.15) is 12.8 Å². The van der Waals surface area contributed by atoms with Crippen molar-refractivity contribution in [1.29, 1.82) is 0 Å². The van der Waals surface area contributed by atoms with Crippen LogP contribution in [0.3, 0.4) is 0 Å². The molecule has 1 radical (unpaired) electrons. The van der Waals surface area contributed by atoms with Crippen LogP contribution in [0.25, 0.3) is 0 Å². The Balaban J connectivity index is 2.70. The van der Waals surface area contributed by atoms with E-state index in [4.69, 9.17) is 4.74 Å². The van der Waals surface area contributed by atoms with E-state index >= 15 is 0 Å². The van der Waals surface area contributed by atoms with Crippen LogP contribution in [0.2, 0.25) is 0 Å². The van der Waals surface area contributed by atoms with E-state index in [2.05, 4.69) is 9.47 Å². The maximum absolute atomic E-state index is 11.9. The van der Waals surface area contributed by atoms with Gasteiger partial charge in [0.05, 0.1) is 20.8 Å². The molecule has 1 heterocycles. The van der Waals surface area contributed by atoms with E-state index in [-0.39, 0.29) is 19.4 Å². The van der Waals surface area contributed by atoms with Crippen molar-refractivity contribution in [2.75, 3.05) is 20.8 Å². The highest BCUT2D eigenvalue weighted by Crippen LogP contribution is 2.27. The third-order valence-corrected chi connectivity index (χ3v) is 2.36. The first-order valence-corrected chi connectivity index (χ1v) is 4.52. The molecule has 0 aromatic rings. The number of carbonyl (C=O) groups is 2. The van der Waals surface area contributed by atoms with Crippen molar-refractivity contribution in [2.45, 2.75) is 24.5 Å². The minimum absolute atomic E-state index is 0.00711. The molecule has 6 nitrogen and oxygen atoms in total. The molecule has 1 rings (SSSR count). The molecule has 2 atom stereocenters. The Morgan fingerprint density at radius 3 is 2.53 bits per heavy atom. The average Bonchev–Trinajstić information content (AvgIpc) is 2.26. The van der Waals surface area contributed by atoms with E-state index in [9.17, 15) is 14.7 Å². The Hall–Kier alpha value is -1.14. The number of hydrogen-bond acceptors (Lipinski definition) is 5. The molecule has 0 bridgehead atoms.